The van der Waals surface area contributed by atoms with Gasteiger partial charge in [0.2, 0.25) is 0 Å². The number of carbonyl (C=O) groups is 4. The highest BCUT2D eigenvalue weighted by molar-refractivity contribution is 5.84. The van der Waals surface area contributed by atoms with Gasteiger partial charge in [-0.25, -0.2) is 19.2 Å². The van der Waals surface area contributed by atoms with Crippen molar-refractivity contribution in [3.05, 3.63) is 83.9 Å². The molecule has 2 N–H and O–H groups in total. The Bertz CT molecular complexity index is 1300. The van der Waals surface area contributed by atoms with E-state index in [1.165, 1.54) is 0 Å². The molecule has 0 spiro atoms. The summed E-state index contributed by atoms with van der Waals surface area (Å²) < 4.78 is 22.5. The normalized spacial score (nSPS) is 18.1. The molecule has 1 aliphatic carbocycles. The van der Waals surface area contributed by atoms with Gasteiger partial charge in [-0.1, -0.05) is 72.8 Å². The molecule has 3 atom stereocenters. The van der Waals surface area contributed by atoms with Crippen molar-refractivity contribution in [2.75, 3.05) is 6.61 Å². The van der Waals surface area contributed by atoms with E-state index in [0.29, 0.717) is 24.0 Å². The van der Waals surface area contributed by atoms with Crippen LogP contribution in [0, 0.1) is 0 Å². The van der Waals surface area contributed by atoms with E-state index >= 15 is 0 Å². The number of hydrogen-bond acceptors (Lipinski definition) is 8. The van der Waals surface area contributed by atoms with E-state index in [1.807, 2.05) is 0 Å². The predicted molar refractivity (Wildman–Crippen MR) is 160 cm³/mol. The number of nitrogens with one attached hydrogen (secondary N) is 2. The fraction of sp³-hybridized carbons (Fsp3) is 0.455. The van der Waals surface area contributed by atoms with Crippen molar-refractivity contribution in [3.8, 4) is 0 Å². The molecular formula is C33H42N2O8. The maximum Gasteiger partial charge on any atom is 0.408 e. The zero-order valence-electron chi connectivity index (χ0n) is 25.7. The molecule has 10 heteroatoms. The number of benzene rings is 2. The van der Waals surface area contributed by atoms with Crippen LogP contribution in [0.5, 0.6) is 0 Å². The molecule has 3 rings (SSSR count). The van der Waals surface area contributed by atoms with Crippen molar-refractivity contribution < 1.29 is 38.1 Å². The van der Waals surface area contributed by atoms with Crippen molar-refractivity contribution in [3.63, 3.8) is 0 Å². The highest BCUT2D eigenvalue weighted by Gasteiger charge is 2.43. The number of esters is 2. The van der Waals surface area contributed by atoms with Crippen LogP contribution in [0.3, 0.4) is 0 Å². The summed E-state index contributed by atoms with van der Waals surface area (Å²) in [4.78, 5) is 52.3. The largest absolute Gasteiger partial charge is 0.460 e. The van der Waals surface area contributed by atoms with Gasteiger partial charge in [0.25, 0.3) is 0 Å². The maximum absolute atomic E-state index is 13.7. The summed E-state index contributed by atoms with van der Waals surface area (Å²) in [6.45, 7) is 14.1. The molecule has 2 aromatic carbocycles. The Labute approximate surface area is 253 Å². The van der Waals surface area contributed by atoms with Crippen LogP contribution in [0.2, 0.25) is 0 Å². The lowest BCUT2D eigenvalue weighted by molar-refractivity contribution is -0.174. The van der Waals surface area contributed by atoms with Gasteiger partial charge < -0.3 is 29.6 Å². The monoisotopic (exact) mass is 594 g/mol. The van der Waals surface area contributed by atoms with E-state index in [-0.39, 0.29) is 13.0 Å². The van der Waals surface area contributed by atoms with Gasteiger partial charge in [-0.15, -0.1) is 0 Å². The molecule has 2 aromatic rings. The van der Waals surface area contributed by atoms with Crippen molar-refractivity contribution >= 4 is 24.1 Å². The van der Waals surface area contributed by atoms with Crippen LogP contribution in [-0.4, -0.2) is 47.5 Å². The molecule has 0 aliphatic heterocycles. The van der Waals surface area contributed by atoms with Gasteiger partial charge in [-0.3, -0.25) is 0 Å². The van der Waals surface area contributed by atoms with Crippen molar-refractivity contribution in [2.24, 2.45) is 0 Å². The third-order valence-corrected chi connectivity index (χ3v) is 6.36. The fourth-order valence-electron chi connectivity index (χ4n) is 4.53. The van der Waals surface area contributed by atoms with Crippen molar-refractivity contribution in [1.29, 1.82) is 0 Å². The Kier molecular flexibility index (Phi) is 10.6. The maximum atomic E-state index is 13.7. The first-order valence-corrected chi connectivity index (χ1v) is 14.2. The van der Waals surface area contributed by atoms with Gasteiger partial charge in [0, 0.05) is 6.42 Å². The second-order valence-electron chi connectivity index (χ2n) is 12.6. The molecule has 43 heavy (non-hydrogen) atoms. The van der Waals surface area contributed by atoms with Crippen LogP contribution in [0.15, 0.2) is 72.8 Å². The molecule has 10 nitrogen and oxygen atoms in total. The molecule has 2 amide bonds. The minimum Gasteiger partial charge on any atom is -0.460 e. The van der Waals surface area contributed by atoms with Crippen LogP contribution < -0.4 is 10.6 Å². The number of ether oxygens (including phenoxy) is 4. The lowest BCUT2D eigenvalue weighted by atomic mass is 10.0. The first-order valence-electron chi connectivity index (χ1n) is 14.2. The molecule has 0 bridgehead atoms. The van der Waals surface area contributed by atoms with E-state index in [2.05, 4.69) is 17.2 Å². The van der Waals surface area contributed by atoms with E-state index < -0.39 is 53.0 Å². The summed E-state index contributed by atoms with van der Waals surface area (Å²) in [7, 11) is 0. The first-order chi connectivity index (χ1) is 20.1. The van der Waals surface area contributed by atoms with Gasteiger partial charge in [0.1, 0.15) is 23.4 Å². The SMILES string of the molecule is C=C1CCC(COC(=O)[C@H](NC(=O)OC(C)(C)C)c2ccccc2)(OC(=O)C(NC(=O)OC(C)(C)C)c2ccccc2)C1. The molecule has 1 saturated carbocycles. The van der Waals surface area contributed by atoms with Gasteiger partial charge in [0.05, 0.1) is 0 Å². The smallest absolute Gasteiger partial charge is 0.408 e. The average Bonchev–Trinajstić information content (AvgIpc) is 3.28. The second-order valence-corrected chi connectivity index (χ2v) is 12.6. The summed E-state index contributed by atoms with van der Waals surface area (Å²) in [5.74, 6) is -1.49. The molecule has 0 radical (unpaired) electrons. The zero-order chi connectivity index (χ0) is 31.8. The Morgan fingerprint density at radius 1 is 0.767 bits per heavy atom. The van der Waals surface area contributed by atoms with E-state index in [4.69, 9.17) is 18.9 Å². The van der Waals surface area contributed by atoms with Crippen LogP contribution >= 0.6 is 0 Å². The topological polar surface area (TPSA) is 129 Å². The number of rotatable bonds is 9. The zero-order valence-corrected chi connectivity index (χ0v) is 25.7. The highest BCUT2D eigenvalue weighted by atomic mass is 16.6. The Hall–Kier alpha value is -4.34. The third kappa shape index (κ3) is 10.5. The van der Waals surface area contributed by atoms with Gasteiger partial charge >= 0.3 is 24.1 Å². The fourth-order valence-corrected chi connectivity index (χ4v) is 4.53. The summed E-state index contributed by atoms with van der Waals surface area (Å²) in [6, 6.07) is 14.9. The molecule has 1 fully saturated rings. The predicted octanol–water partition coefficient (Wildman–Crippen LogP) is 6.08. The quantitative estimate of drug-likeness (QED) is 0.203. The van der Waals surface area contributed by atoms with Gasteiger partial charge in [-0.2, -0.15) is 0 Å². The first kappa shape index (κ1) is 33.2. The lowest BCUT2D eigenvalue weighted by Gasteiger charge is -2.31. The summed E-state index contributed by atoms with van der Waals surface area (Å²) in [5, 5.41) is 5.19. The molecule has 0 saturated heterocycles. The highest BCUT2D eigenvalue weighted by Crippen LogP contribution is 2.38. The van der Waals surface area contributed by atoms with Crippen LogP contribution in [0.25, 0.3) is 0 Å². The van der Waals surface area contributed by atoms with E-state index in [1.54, 1.807) is 102 Å². The Balaban J connectivity index is 1.81. The van der Waals surface area contributed by atoms with Crippen LogP contribution in [0.1, 0.15) is 84.0 Å². The Morgan fingerprint density at radius 2 is 1.21 bits per heavy atom. The standard InChI is InChI=1S/C33H42N2O8/c1-22-18-19-33(20-22,41-28(37)26(24-16-12-9-13-17-24)35-30(39)43-32(5,6)7)21-40-27(36)25(23-14-10-8-11-15-23)34-29(38)42-31(2,3)4/h8-17,25-26H,1,18-21H2,2-7H3,(H,34,38)(H,35,39)/t25-,26?,33?/m1/s1. The molecule has 232 valence electrons. The summed E-state index contributed by atoms with van der Waals surface area (Å²) in [6.07, 6.45) is -0.399. The number of carbonyl (C=O) groups excluding carboxylic acids is 4. The van der Waals surface area contributed by atoms with Gasteiger partial charge in [0.15, 0.2) is 12.1 Å². The summed E-state index contributed by atoms with van der Waals surface area (Å²) >= 11 is 0. The molecular weight excluding hydrogens is 552 g/mol. The lowest BCUT2D eigenvalue weighted by Crippen LogP contribution is -2.45. The average molecular weight is 595 g/mol. The Morgan fingerprint density at radius 3 is 1.60 bits per heavy atom. The van der Waals surface area contributed by atoms with Crippen molar-refractivity contribution in [1.82, 2.24) is 10.6 Å². The number of alkyl carbamates (subject to hydrolysis) is 2. The van der Waals surface area contributed by atoms with E-state index in [0.717, 1.165) is 5.57 Å². The molecule has 0 heterocycles. The molecule has 2 unspecified atom stereocenters. The van der Waals surface area contributed by atoms with Gasteiger partial charge in [-0.05, 0) is 65.5 Å². The number of hydrogen-bond donors (Lipinski definition) is 2. The van der Waals surface area contributed by atoms with Crippen LogP contribution in [0.4, 0.5) is 9.59 Å². The number of amides is 2. The minimum atomic E-state index is -1.22. The molecule has 1 aliphatic rings. The third-order valence-electron chi connectivity index (χ3n) is 6.36. The van der Waals surface area contributed by atoms with E-state index in [9.17, 15) is 19.2 Å². The van der Waals surface area contributed by atoms with Crippen molar-refractivity contribution in [2.45, 2.75) is 89.7 Å². The molecule has 0 aromatic heterocycles. The summed E-state index contributed by atoms with van der Waals surface area (Å²) in [5.41, 5.74) is -0.971. The second kappa shape index (κ2) is 13.8. The minimum absolute atomic E-state index is 0.259. The van der Waals surface area contributed by atoms with Crippen LogP contribution in [-0.2, 0) is 28.5 Å².